The van der Waals surface area contributed by atoms with Crippen LogP contribution in [0.3, 0.4) is 0 Å². The quantitative estimate of drug-likeness (QED) is 0.646. The number of nitro groups is 1. The first kappa shape index (κ1) is 14.5. The highest BCUT2D eigenvalue weighted by molar-refractivity contribution is 6.07. The van der Waals surface area contributed by atoms with Gasteiger partial charge in [-0.15, -0.1) is 0 Å². The highest BCUT2D eigenvalue weighted by atomic mass is 16.6. The molecule has 0 spiro atoms. The van der Waals surface area contributed by atoms with Crippen LogP contribution in [0.1, 0.15) is 23.0 Å². The third-order valence-corrected chi connectivity index (χ3v) is 2.67. The van der Waals surface area contributed by atoms with Gasteiger partial charge in [-0.05, 0) is 19.9 Å². The van der Waals surface area contributed by atoms with Gasteiger partial charge in [0.25, 0.3) is 11.6 Å². The SMILES string of the molecule is CCNc1ccc([N+](=O)[O-])cc1C(=O)Nc1nc(C)co1. The zero-order valence-corrected chi connectivity index (χ0v) is 11.5. The van der Waals surface area contributed by atoms with Gasteiger partial charge in [0.05, 0.1) is 16.2 Å². The molecule has 21 heavy (non-hydrogen) atoms. The number of nitrogens with one attached hydrogen (secondary N) is 2. The van der Waals surface area contributed by atoms with E-state index in [2.05, 4.69) is 15.6 Å². The second-order valence-electron chi connectivity index (χ2n) is 4.27. The van der Waals surface area contributed by atoms with Crippen molar-refractivity contribution in [2.45, 2.75) is 13.8 Å². The van der Waals surface area contributed by atoms with Crippen LogP contribution in [0.4, 0.5) is 17.4 Å². The van der Waals surface area contributed by atoms with E-state index < -0.39 is 10.8 Å². The fourth-order valence-electron chi connectivity index (χ4n) is 1.75. The van der Waals surface area contributed by atoms with E-state index in [9.17, 15) is 14.9 Å². The number of nitrogens with zero attached hydrogens (tertiary/aromatic N) is 2. The molecular formula is C13H14N4O4. The van der Waals surface area contributed by atoms with E-state index in [0.717, 1.165) is 0 Å². The van der Waals surface area contributed by atoms with Crippen molar-refractivity contribution >= 4 is 23.3 Å². The van der Waals surface area contributed by atoms with Gasteiger partial charge in [-0.2, -0.15) is 4.98 Å². The number of hydrogen-bond donors (Lipinski definition) is 2. The van der Waals surface area contributed by atoms with Crippen molar-refractivity contribution in [1.82, 2.24) is 4.98 Å². The van der Waals surface area contributed by atoms with Crippen molar-refractivity contribution in [3.8, 4) is 0 Å². The van der Waals surface area contributed by atoms with Crippen LogP contribution in [0.15, 0.2) is 28.9 Å². The number of oxazole rings is 1. The largest absolute Gasteiger partial charge is 0.432 e. The number of benzene rings is 1. The van der Waals surface area contributed by atoms with Crippen molar-refractivity contribution < 1.29 is 14.1 Å². The van der Waals surface area contributed by atoms with Gasteiger partial charge < -0.3 is 9.73 Å². The summed E-state index contributed by atoms with van der Waals surface area (Å²) < 4.78 is 5.04. The van der Waals surface area contributed by atoms with Crippen LogP contribution < -0.4 is 10.6 Å². The number of amides is 1. The molecule has 0 radical (unpaired) electrons. The summed E-state index contributed by atoms with van der Waals surface area (Å²) in [5.41, 5.74) is 1.12. The lowest BCUT2D eigenvalue weighted by Gasteiger charge is -2.09. The molecule has 1 heterocycles. The maximum atomic E-state index is 12.2. The Hall–Kier alpha value is -2.90. The van der Waals surface area contributed by atoms with Gasteiger partial charge >= 0.3 is 6.01 Å². The zero-order valence-electron chi connectivity index (χ0n) is 11.5. The fourth-order valence-corrected chi connectivity index (χ4v) is 1.75. The second-order valence-corrected chi connectivity index (χ2v) is 4.27. The predicted octanol–water partition coefficient (Wildman–Crippen LogP) is 2.58. The van der Waals surface area contributed by atoms with Crippen molar-refractivity contribution in [1.29, 1.82) is 0 Å². The molecule has 0 fully saturated rings. The average Bonchev–Trinajstić information content (AvgIpc) is 2.84. The zero-order chi connectivity index (χ0) is 15.4. The van der Waals surface area contributed by atoms with Gasteiger partial charge in [0.1, 0.15) is 6.26 Å². The third-order valence-electron chi connectivity index (χ3n) is 2.67. The Bertz CT molecular complexity index is 681. The first-order chi connectivity index (χ1) is 10.0. The van der Waals surface area contributed by atoms with Crippen LogP contribution in [0.25, 0.3) is 0 Å². The Kier molecular flexibility index (Phi) is 4.17. The van der Waals surface area contributed by atoms with Gasteiger partial charge in [0, 0.05) is 24.4 Å². The topological polar surface area (TPSA) is 110 Å². The van der Waals surface area contributed by atoms with E-state index in [-0.39, 0.29) is 17.3 Å². The lowest BCUT2D eigenvalue weighted by molar-refractivity contribution is -0.384. The Morgan fingerprint density at radius 3 is 2.81 bits per heavy atom. The number of aromatic nitrogens is 1. The van der Waals surface area contributed by atoms with Crippen molar-refractivity contribution in [2.75, 3.05) is 17.2 Å². The van der Waals surface area contributed by atoms with Gasteiger partial charge in [0.2, 0.25) is 0 Å². The number of aryl methyl sites for hydroxylation is 1. The summed E-state index contributed by atoms with van der Waals surface area (Å²) in [4.78, 5) is 26.5. The molecule has 0 aliphatic carbocycles. The summed E-state index contributed by atoms with van der Waals surface area (Å²) >= 11 is 0. The molecule has 0 saturated heterocycles. The minimum atomic E-state index is -0.554. The number of nitro benzene ring substituents is 1. The number of carbonyl (C=O) groups is 1. The van der Waals surface area contributed by atoms with Crippen LogP contribution in [0, 0.1) is 17.0 Å². The normalized spacial score (nSPS) is 10.2. The van der Waals surface area contributed by atoms with E-state index in [4.69, 9.17) is 4.42 Å². The summed E-state index contributed by atoms with van der Waals surface area (Å²) in [5, 5.41) is 16.3. The van der Waals surface area contributed by atoms with E-state index in [0.29, 0.717) is 17.9 Å². The van der Waals surface area contributed by atoms with Crippen LogP contribution in [-0.4, -0.2) is 22.4 Å². The third kappa shape index (κ3) is 3.35. The number of rotatable bonds is 5. The first-order valence-corrected chi connectivity index (χ1v) is 6.27. The summed E-state index contributed by atoms with van der Waals surface area (Å²) in [5.74, 6) is -0.531. The number of non-ortho nitro benzene ring substituents is 1. The fraction of sp³-hybridized carbons (Fsp3) is 0.231. The van der Waals surface area contributed by atoms with Gasteiger partial charge in [-0.1, -0.05) is 0 Å². The molecule has 2 N–H and O–H groups in total. The Morgan fingerprint density at radius 1 is 1.48 bits per heavy atom. The molecule has 110 valence electrons. The lowest BCUT2D eigenvalue weighted by atomic mass is 10.1. The summed E-state index contributed by atoms with van der Waals surface area (Å²) in [6, 6.07) is 4.09. The molecule has 0 saturated carbocycles. The number of carbonyl (C=O) groups excluding carboxylic acids is 1. The molecule has 1 aromatic carbocycles. The van der Waals surface area contributed by atoms with Crippen LogP contribution >= 0.6 is 0 Å². The van der Waals surface area contributed by atoms with Gasteiger partial charge in [0.15, 0.2) is 0 Å². The molecule has 0 bridgehead atoms. The summed E-state index contributed by atoms with van der Waals surface area (Å²) in [6.45, 7) is 4.16. The predicted molar refractivity (Wildman–Crippen MR) is 76.5 cm³/mol. The molecule has 1 amide bonds. The molecule has 2 aromatic rings. The lowest BCUT2D eigenvalue weighted by Crippen LogP contribution is -2.15. The maximum absolute atomic E-state index is 12.2. The monoisotopic (exact) mass is 290 g/mol. The Morgan fingerprint density at radius 2 is 2.24 bits per heavy atom. The van der Waals surface area contributed by atoms with E-state index in [1.165, 1.54) is 24.5 Å². The van der Waals surface area contributed by atoms with Gasteiger partial charge in [-0.3, -0.25) is 20.2 Å². The van der Waals surface area contributed by atoms with Crippen LogP contribution in [0.2, 0.25) is 0 Å². The van der Waals surface area contributed by atoms with Gasteiger partial charge in [-0.25, -0.2) is 0 Å². The molecule has 0 unspecified atom stereocenters. The highest BCUT2D eigenvalue weighted by Crippen LogP contribution is 2.23. The minimum absolute atomic E-state index is 0.0476. The van der Waals surface area contributed by atoms with E-state index in [1.54, 1.807) is 6.92 Å². The van der Waals surface area contributed by atoms with Crippen molar-refractivity contribution in [3.05, 3.63) is 45.8 Å². The molecule has 0 atom stereocenters. The highest BCUT2D eigenvalue weighted by Gasteiger charge is 2.18. The Balaban J connectivity index is 2.32. The molecule has 0 aliphatic rings. The van der Waals surface area contributed by atoms with Crippen LogP contribution in [0.5, 0.6) is 0 Å². The smallest absolute Gasteiger partial charge is 0.301 e. The minimum Gasteiger partial charge on any atom is -0.432 e. The van der Waals surface area contributed by atoms with Crippen LogP contribution in [-0.2, 0) is 0 Å². The van der Waals surface area contributed by atoms with E-state index in [1.807, 2.05) is 6.92 Å². The first-order valence-electron chi connectivity index (χ1n) is 6.27. The molecule has 1 aromatic heterocycles. The summed E-state index contributed by atoms with van der Waals surface area (Å²) in [6.07, 6.45) is 1.40. The molecule has 8 nitrogen and oxygen atoms in total. The molecule has 0 aliphatic heterocycles. The van der Waals surface area contributed by atoms with E-state index >= 15 is 0 Å². The van der Waals surface area contributed by atoms with Crippen molar-refractivity contribution in [3.63, 3.8) is 0 Å². The Labute approximate surface area is 120 Å². The number of hydrogen-bond acceptors (Lipinski definition) is 6. The maximum Gasteiger partial charge on any atom is 0.301 e. The molecular weight excluding hydrogens is 276 g/mol. The summed E-state index contributed by atoms with van der Waals surface area (Å²) in [7, 11) is 0. The van der Waals surface area contributed by atoms with Crippen molar-refractivity contribution in [2.24, 2.45) is 0 Å². The number of anilines is 2. The molecule has 8 heteroatoms. The average molecular weight is 290 g/mol. The second kappa shape index (κ2) is 6.04. The standard InChI is InChI=1S/C13H14N4O4/c1-3-14-11-5-4-9(17(19)20)6-10(11)12(18)16-13-15-8(2)7-21-13/h4-7,14H,3H2,1-2H3,(H,15,16,18). The molecule has 2 rings (SSSR count).